The maximum absolute atomic E-state index is 10.2. The lowest BCUT2D eigenvalue weighted by molar-refractivity contribution is -0.118. The van der Waals surface area contributed by atoms with E-state index in [-0.39, 0.29) is 38.3 Å². The van der Waals surface area contributed by atoms with Crippen LogP contribution in [0.4, 0.5) is 0 Å². The van der Waals surface area contributed by atoms with Crippen LogP contribution in [-0.4, -0.2) is 105 Å². The van der Waals surface area contributed by atoms with Crippen molar-refractivity contribution in [2.24, 2.45) is 11.7 Å². The van der Waals surface area contributed by atoms with E-state index >= 15 is 0 Å². The molecule has 0 radical (unpaired) electrons. The zero-order chi connectivity index (χ0) is 24.3. The van der Waals surface area contributed by atoms with Gasteiger partial charge in [0.05, 0.1) is 39.6 Å². The van der Waals surface area contributed by atoms with Crippen LogP contribution in [0.25, 0.3) is 0 Å². The summed E-state index contributed by atoms with van der Waals surface area (Å²) < 4.78 is 10.6. The molecule has 0 saturated carbocycles. The van der Waals surface area contributed by atoms with Gasteiger partial charge in [0.2, 0.25) is 12.3 Å². The molecule has 188 valence electrons. The number of aliphatic hydroxyl groups is 4. The molecular formula is C20H45N3O8. The molecule has 0 atom stereocenters. The summed E-state index contributed by atoms with van der Waals surface area (Å²) in [6.45, 7) is 5.00. The van der Waals surface area contributed by atoms with Crippen LogP contribution in [0.15, 0.2) is 0 Å². The molecule has 8 N–H and O–H groups in total. The second-order valence-corrected chi connectivity index (χ2v) is 6.41. The Morgan fingerprint density at radius 2 is 1.42 bits per heavy atom. The first-order valence-corrected chi connectivity index (χ1v) is 10.7. The number of unbranched alkanes of at least 4 members (excludes halogenated alkanes) is 2. The van der Waals surface area contributed by atoms with E-state index in [2.05, 4.69) is 10.6 Å². The van der Waals surface area contributed by atoms with Crippen molar-refractivity contribution in [1.82, 2.24) is 10.6 Å². The summed E-state index contributed by atoms with van der Waals surface area (Å²) in [5.74, 6) is -0.246. The van der Waals surface area contributed by atoms with Gasteiger partial charge in [0.15, 0.2) is 0 Å². The summed E-state index contributed by atoms with van der Waals surface area (Å²) in [6.07, 6.45) is 2.60. The van der Waals surface area contributed by atoms with Crippen molar-refractivity contribution < 1.29 is 39.5 Å². The SMILES string of the molecule is CC.CNCC(COC(CO)CO)COC(CO)CO.NC(=O)CCCCCNC=O. The van der Waals surface area contributed by atoms with Crippen LogP contribution in [0.1, 0.15) is 39.5 Å². The van der Waals surface area contributed by atoms with Crippen LogP contribution in [0.3, 0.4) is 0 Å². The normalized spacial score (nSPS) is 10.4. The van der Waals surface area contributed by atoms with Crippen molar-refractivity contribution >= 4 is 12.3 Å². The predicted octanol–water partition coefficient (Wildman–Crippen LogP) is -1.63. The van der Waals surface area contributed by atoms with Gasteiger partial charge in [-0.2, -0.15) is 0 Å². The van der Waals surface area contributed by atoms with Crippen molar-refractivity contribution in [3.8, 4) is 0 Å². The molecule has 0 heterocycles. The van der Waals surface area contributed by atoms with Crippen molar-refractivity contribution in [1.29, 1.82) is 0 Å². The van der Waals surface area contributed by atoms with E-state index in [9.17, 15) is 9.59 Å². The number of aliphatic hydroxyl groups excluding tert-OH is 4. The summed E-state index contributed by atoms with van der Waals surface area (Å²) in [4.78, 5) is 20.0. The highest BCUT2D eigenvalue weighted by Crippen LogP contribution is 2.03. The largest absolute Gasteiger partial charge is 0.394 e. The van der Waals surface area contributed by atoms with Gasteiger partial charge in [0.1, 0.15) is 12.2 Å². The van der Waals surface area contributed by atoms with Gasteiger partial charge in [0.25, 0.3) is 0 Å². The van der Waals surface area contributed by atoms with Crippen molar-refractivity contribution in [3.63, 3.8) is 0 Å². The van der Waals surface area contributed by atoms with Gasteiger partial charge in [-0.15, -0.1) is 0 Å². The van der Waals surface area contributed by atoms with E-state index in [4.69, 9.17) is 35.6 Å². The van der Waals surface area contributed by atoms with Gasteiger partial charge in [-0.05, 0) is 19.9 Å². The first kappa shape index (κ1) is 34.3. The Morgan fingerprint density at radius 3 is 1.77 bits per heavy atom. The van der Waals surface area contributed by atoms with Crippen LogP contribution in [0.5, 0.6) is 0 Å². The third-order valence-corrected chi connectivity index (χ3v) is 3.77. The molecule has 11 nitrogen and oxygen atoms in total. The average Bonchev–Trinajstić information content (AvgIpc) is 2.79. The second kappa shape index (κ2) is 28.7. The topological polar surface area (TPSA) is 184 Å². The molecule has 0 aliphatic carbocycles. The molecule has 0 aromatic heterocycles. The third-order valence-electron chi connectivity index (χ3n) is 3.77. The molecule has 0 saturated heterocycles. The van der Waals surface area contributed by atoms with Gasteiger partial charge in [-0.1, -0.05) is 20.3 Å². The Bertz CT molecular complexity index is 354. The van der Waals surface area contributed by atoms with Crippen molar-refractivity contribution in [2.45, 2.75) is 51.7 Å². The lowest BCUT2D eigenvalue weighted by Gasteiger charge is -2.22. The standard InChI is InChI=1S/C11H25NO6.C7H14N2O2.C2H6/c1-12-2-9(7-17-10(3-13)4-14)8-18-11(5-15)6-16;8-7(11)4-2-1-3-5-9-6-10;1-2/h9-16H,2-8H2,1H3;6H,1-5H2,(H2,8,11)(H,9,10);1-2H3. The number of hydrogen-bond acceptors (Lipinski definition) is 9. The average molecular weight is 456 g/mol. The van der Waals surface area contributed by atoms with Gasteiger partial charge < -0.3 is 46.3 Å². The highest BCUT2D eigenvalue weighted by molar-refractivity contribution is 5.73. The lowest BCUT2D eigenvalue weighted by Crippen LogP contribution is -2.34. The number of primary amides is 1. The van der Waals surface area contributed by atoms with Crippen molar-refractivity contribution in [2.75, 3.05) is 59.8 Å². The quantitative estimate of drug-likeness (QED) is 0.0887. The Balaban J connectivity index is -0.000000516. The Kier molecular flexibility index (Phi) is 31.7. The molecule has 0 aromatic rings. The van der Waals surface area contributed by atoms with Crippen LogP contribution in [0, 0.1) is 5.92 Å². The van der Waals surface area contributed by atoms with E-state index < -0.39 is 12.2 Å². The number of nitrogens with one attached hydrogen (secondary N) is 2. The summed E-state index contributed by atoms with van der Waals surface area (Å²) in [6, 6.07) is 0. The van der Waals surface area contributed by atoms with Gasteiger partial charge in [-0.25, -0.2) is 0 Å². The molecule has 0 unspecified atom stereocenters. The number of amides is 2. The number of nitrogens with two attached hydrogens (primary N) is 1. The van der Waals surface area contributed by atoms with E-state index in [1.165, 1.54) is 0 Å². The minimum atomic E-state index is -0.587. The van der Waals surface area contributed by atoms with Crippen LogP contribution >= 0.6 is 0 Å². The maximum atomic E-state index is 10.2. The van der Waals surface area contributed by atoms with Gasteiger partial charge >= 0.3 is 0 Å². The van der Waals surface area contributed by atoms with E-state index in [0.717, 1.165) is 19.3 Å². The Labute approximate surface area is 186 Å². The summed E-state index contributed by atoms with van der Waals surface area (Å²) in [7, 11) is 1.79. The van der Waals surface area contributed by atoms with Crippen LogP contribution in [-0.2, 0) is 19.1 Å². The van der Waals surface area contributed by atoms with Crippen LogP contribution < -0.4 is 16.4 Å². The molecule has 0 spiro atoms. The maximum Gasteiger partial charge on any atom is 0.217 e. The summed E-state index contributed by atoms with van der Waals surface area (Å²) in [5.41, 5.74) is 4.92. The molecule has 0 fully saturated rings. The molecule has 2 amide bonds. The first-order valence-electron chi connectivity index (χ1n) is 10.7. The monoisotopic (exact) mass is 455 g/mol. The molecular weight excluding hydrogens is 410 g/mol. The van der Waals surface area contributed by atoms with Crippen LogP contribution in [0.2, 0.25) is 0 Å². The Morgan fingerprint density at radius 1 is 0.935 bits per heavy atom. The van der Waals surface area contributed by atoms with E-state index in [1.54, 1.807) is 7.05 Å². The van der Waals surface area contributed by atoms with Crippen molar-refractivity contribution in [3.05, 3.63) is 0 Å². The number of rotatable bonds is 19. The minimum Gasteiger partial charge on any atom is -0.394 e. The molecule has 0 rings (SSSR count). The summed E-state index contributed by atoms with van der Waals surface area (Å²) in [5, 5.41) is 41.0. The zero-order valence-electron chi connectivity index (χ0n) is 19.3. The third kappa shape index (κ3) is 26.6. The Hall–Kier alpha value is -1.34. The highest BCUT2D eigenvalue weighted by Gasteiger charge is 2.15. The molecule has 11 heteroatoms. The molecule has 31 heavy (non-hydrogen) atoms. The number of carbonyl (C=O) groups is 2. The molecule has 0 aromatic carbocycles. The lowest BCUT2D eigenvalue weighted by atomic mass is 10.1. The molecule has 0 bridgehead atoms. The van der Waals surface area contributed by atoms with E-state index in [1.807, 2.05) is 13.8 Å². The first-order chi connectivity index (χ1) is 15.0. The number of carbonyl (C=O) groups excluding carboxylic acids is 2. The fraction of sp³-hybridized carbons (Fsp3) is 0.900. The predicted molar refractivity (Wildman–Crippen MR) is 118 cm³/mol. The van der Waals surface area contributed by atoms with Gasteiger partial charge in [0, 0.05) is 25.4 Å². The van der Waals surface area contributed by atoms with E-state index in [0.29, 0.717) is 39.1 Å². The smallest absolute Gasteiger partial charge is 0.217 e. The highest BCUT2D eigenvalue weighted by atomic mass is 16.5. The number of ether oxygens (including phenoxy) is 2. The minimum absolute atomic E-state index is 0.0104. The molecule has 0 aliphatic rings. The number of hydrogen-bond donors (Lipinski definition) is 7. The van der Waals surface area contributed by atoms with Gasteiger partial charge in [-0.3, -0.25) is 9.59 Å². The zero-order valence-corrected chi connectivity index (χ0v) is 19.3. The fourth-order valence-electron chi connectivity index (χ4n) is 2.09. The summed E-state index contributed by atoms with van der Waals surface area (Å²) >= 11 is 0. The fourth-order valence-corrected chi connectivity index (χ4v) is 2.09. The second-order valence-electron chi connectivity index (χ2n) is 6.41. The molecule has 0 aliphatic heterocycles.